The minimum Gasteiger partial charge on any atom is -0.390 e. The van der Waals surface area contributed by atoms with Gasteiger partial charge in [-0.1, -0.05) is 42.8 Å². The van der Waals surface area contributed by atoms with Gasteiger partial charge in [-0.15, -0.1) is 0 Å². The number of thioether (sulfide) groups is 1. The second-order valence-electron chi connectivity index (χ2n) is 6.98. The van der Waals surface area contributed by atoms with E-state index in [-0.39, 0.29) is 36.8 Å². The molecular weight excluding hydrogens is 376 g/mol. The van der Waals surface area contributed by atoms with Crippen molar-refractivity contribution < 1.29 is 14.7 Å². The van der Waals surface area contributed by atoms with Crippen molar-refractivity contribution in [3.63, 3.8) is 0 Å². The fourth-order valence-corrected chi connectivity index (χ4v) is 4.12. The second-order valence-corrected chi connectivity index (χ2v) is 7.92. The zero-order chi connectivity index (χ0) is 19.9. The van der Waals surface area contributed by atoms with Crippen molar-refractivity contribution in [1.29, 1.82) is 0 Å². The number of hydrogen-bond donors (Lipinski definition) is 3. The molecule has 1 aliphatic carbocycles. The molecule has 1 aliphatic rings. The summed E-state index contributed by atoms with van der Waals surface area (Å²) in [5.41, 5.74) is 2.33. The van der Waals surface area contributed by atoms with Crippen LogP contribution in [0.1, 0.15) is 36.9 Å². The number of rotatable bonds is 8. The monoisotopic (exact) mass is 402 g/mol. The van der Waals surface area contributed by atoms with E-state index < -0.39 is 0 Å². The Hall–Kier alpha value is -2.32. The summed E-state index contributed by atoms with van der Waals surface area (Å²) in [5.74, 6) is -0.0684. The number of benzene rings is 1. The number of aryl methyl sites for hydroxylation is 1. The third kappa shape index (κ3) is 5.36. The molecule has 150 valence electrons. The molecule has 0 spiro atoms. The lowest BCUT2D eigenvalue weighted by Crippen LogP contribution is -2.35. The van der Waals surface area contributed by atoms with Gasteiger partial charge in [0, 0.05) is 11.7 Å². The Balaban J connectivity index is 1.59. The van der Waals surface area contributed by atoms with E-state index in [4.69, 9.17) is 0 Å². The van der Waals surface area contributed by atoms with Crippen molar-refractivity contribution in [2.45, 2.75) is 57.0 Å². The summed E-state index contributed by atoms with van der Waals surface area (Å²) in [6.07, 6.45) is 5.88. The Bertz CT molecular complexity index is 831. The highest BCUT2D eigenvalue weighted by Gasteiger charge is 2.19. The Morgan fingerprint density at radius 2 is 2.00 bits per heavy atom. The van der Waals surface area contributed by atoms with E-state index in [0.29, 0.717) is 10.9 Å². The highest BCUT2D eigenvalue weighted by molar-refractivity contribution is 7.99. The van der Waals surface area contributed by atoms with E-state index in [2.05, 4.69) is 15.6 Å². The van der Waals surface area contributed by atoms with Crippen LogP contribution in [0.2, 0.25) is 0 Å². The number of carbonyl (C=O) groups is 2. The fraction of sp³-hybridized carbons (Fsp3) is 0.450. The van der Waals surface area contributed by atoms with Crippen molar-refractivity contribution in [2.75, 3.05) is 11.1 Å². The molecule has 0 saturated heterocycles. The largest absolute Gasteiger partial charge is 0.390 e. The van der Waals surface area contributed by atoms with E-state index in [9.17, 15) is 14.7 Å². The number of nitrogens with zero attached hydrogens (tertiary/aromatic N) is 2. The molecule has 7 nitrogen and oxygen atoms in total. The molecule has 28 heavy (non-hydrogen) atoms. The number of para-hydroxylation sites is 1. The maximum absolute atomic E-state index is 12.4. The van der Waals surface area contributed by atoms with Gasteiger partial charge in [-0.2, -0.15) is 0 Å². The number of imidazole rings is 1. The van der Waals surface area contributed by atoms with Gasteiger partial charge in [-0.05, 0) is 31.4 Å². The first-order chi connectivity index (χ1) is 13.6. The van der Waals surface area contributed by atoms with Crippen LogP contribution in [0.4, 0.5) is 5.69 Å². The van der Waals surface area contributed by atoms with Gasteiger partial charge in [0.25, 0.3) is 0 Å². The summed E-state index contributed by atoms with van der Waals surface area (Å²) in [5, 5.41) is 16.0. The third-order valence-corrected chi connectivity index (χ3v) is 5.83. The van der Waals surface area contributed by atoms with Crippen molar-refractivity contribution in [3.05, 3.63) is 41.7 Å². The van der Waals surface area contributed by atoms with Crippen molar-refractivity contribution >= 4 is 29.3 Å². The van der Waals surface area contributed by atoms with Gasteiger partial charge in [0.1, 0.15) is 6.54 Å². The smallest absolute Gasteiger partial charge is 0.240 e. The Kier molecular flexibility index (Phi) is 7.11. The third-order valence-electron chi connectivity index (χ3n) is 4.84. The van der Waals surface area contributed by atoms with Crippen LogP contribution in [0.3, 0.4) is 0 Å². The van der Waals surface area contributed by atoms with Crippen molar-refractivity contribution in [3.8, 4) is 0 Å². The van der Waals surface area contributed by atoms with Crippen LogP contribution in [0.5, 0.6) is 0 Å². The summed E-state index contributed by atoms with van der Waals surface area (Å²) in [6.45, 7) is 1.82. The van der Waals surface area contributed by atoms with Crippen molar-refractivity contribution in [2.24, 2.45) is 0 Å². The van der Waals surface area contributed by atoms with E-state index in [1.165, 1.54) is 11.8 Å². The maximum atomic E-state index is 12.4. The first-order valence-corrected chi connectivity index (χ1v) is 10.5. The second kappa shape index (κ2) is 9.75. The van der Waals surface area contributed by atoms with Gasteiger partial charge >= 0.3 is 0 Å². The standard InChI is InChI=1S/C20H26N4O3S/c1-14-6-2-5-9-17(14)23-19(27)13-28-20-21-10-16(12-25)24(20)11-18(26)22-15-7-3-4-8-15/h2,5-6,9-10,15,25H,3-4,7-8,11-13H2,1H3,(H,22,26)(H,23,27). The molecule has 0 radical (unpaired) electrons. The van der Waals surface area contributed by atoms with E-state index >= 15 is 0 Å². The SMILES string of the molecule is Cc1ccccc1NC(=O)CSc1ncc(CO)n1CC(=O)NC1CCCC1. The minimum atomic E-state index is -0.209. The van der Waals surface area contributed by atoms with E-state index in [1.807, 2.05) is 31.2 Å². The number of aromatic nitrogens is 2. The van der Waals surface area contributed by atoms with Gasteiger partial charge in [0.15, 0.2) is 5.16 Å². The van der Waals surface area contributed by atoms with Gasteiger partial charge < -0.3 is 20.3 Å². The average Bonchev–Trinajstić information content (AvgIpc) is 3.31. The summed E-state index contributed by atoms with van der Waals surface area (Å²) in [6, 6.07) is 7.83. The Labute approximate surface area is 168 Å². The number of amides is 2. The normalized spacial score (nSPS) is 14.2. The molecular formula is C20H26N4O3S. The highest BCUT2D eigenvalue weighted by atomic mass is 32.2. The summed E-state index contributed by atoms with van der Waals surface area (Å²) in [4.78, 5) is 28.9. The van der Waals surface area contributed by atoms with Crippen LogP contribution >= 0.6 is 11.8 Å². The molecule has 0 aliphatic heterocycles. The lowest BCUT2D eigenvalue weighted by Gasteiger charge is -2.14. The fourth-order valence-electron chi connectivity index (χ4n) is 3.32. The van der Waals surface area contributed by atoms with Crippen LogP contribution < -0.4 is 10.6 Å². The average molecular weight is 403 g/mol. The van der Waals surface area contributed by atoms with Gasteiger partial charge in [0.05, 0.1) is 24.3 Å². The number of nitrogens with one attached hydrogen (secondary N) is 2. The summed E-state index contributed by atoms with van der Waals surface area (Å²) < 4.78 is 1.68. The highest BCUT2D eigenvalue weighted by Crippen LogP contribution is 2.21. The first-order valence-electron chi connectivity index (χ1n) is 9.49. The van der Waals surface area contributed by atoms with Gasteiger partial charge in [-0.3, -0.25) is 9.59 Å². The quantitative estimate of drug-likeness (QED) is 0.590. The first kappa shape index (κ1) is 20.4. The molecule has 1 heterocycles. The molecule has 1 aromatic heterocycles. The van der Waals surface area contributed by atoms with Crippen LogP contribution in [0.25, 0.3) is 0 Å². The molecule has 1 aromatic carbocycles. The van der Waals surface area contributed by atoms with Crippen LogP contribution in [0.15, 0.2) is 35.6 Å². The summed E-state index contributed by atoms with van der Waals surface area (Å²) in [7, 11) is 0. The number of anilines is 1. The molecule has 2 aromatic rings. The molecule has 0 bridgehead atoms. The number of carbonyl (C=O) groups excluding carboxylic acids is 2. The molecule has 1 fully saturated rings. The number of aliphatic hydroxyl groups excluding tert-OH is 1. The van der Waals surface area contributed by atoms with Gasteiger partial charge in [-0.25, -0.2) is 4.98 Å². The van der Waals surface area contributed by atoms with Crippen LogP contribution in [-0.2, 0) is 22.7 Å². The van der Waals surface area contributed by atoms with Crippen LogP contribution in [0, 0.1) is 6.92 Å². The molecule has 3 rings (SSSR count). The van der Waals surface area contributed by atoms with E-state index in [0.717, 1.165) is 36.9 Å². The maximum Gasteiger partial charge on any atom is 0.240 e. The predicted molar refractivity (Wildman–Crippen MR) is 109 cm³/mol. The molecule has 8 heteroatoms. The van der Waals surface area contributed by atoms with Gasteiger partial charge in [0.2, 0.25) is 11.8 Å². The minimum absolute atomic E-state index is 0.0914. The topological polar surface area (TPSA) is 96.2 Å². The Morgan fingerprint density at radius 1 is 1.25 bits per heavy atom. The Morgan fingerprint density at radius 3 is 2.71 bits per heavy atom. The lowest BCUT2D eigenvalue weighted by molar-refractivity contribution is -0.122. The van der Waals surface area contributed by atoms with Crippen LogP contribution in [-0.4, -0.2) is 38.3 Å². The summed E-state index contributed by atoms with van der Waals surface area (Å²) >= 11 is 1.25. The van der Waals surface area contributed by atoms with Crippen molar-refractivity contribution in [1.82, 2.24) is 14.9 Å². The number of aliphatic hydroxyl groups is 1. The zero-order valence-electron chi connectivity index (χ0n) is 16.0. The zero-order valence-corrected chi connectivity index (χ0v) is 16.8. The van der Waals surface area contributed by atoms with E-state index in [1.54, 1.807) is 10.8 Å². The molecule has 1 saturated carbocycles. The predicted octanol–water partition coefficient (Wildman–Crippen LogP) is 2.47. The molecule has 0 atom stereocenters. The lowest BCUT2D eigenvalue weighted by atomic mass is 10.2. The molecule has 2 amide bonds. The molecule has 3 N–H and O–H groups in total. The molecule has 0 unspecified atom stereocenters. The number of hydrogen-bond acceptors (Lipinski definition) is 5.